The summed E-state index contributed by atoms with van der Waals surface area (Å²) in [6.45, 7) is 2.33. The minimum atomic E-state index is -0.155. The summed E-state index contributed by atoms with van der Waals surface area (Å²) in [5.74, 6) is 1.16. The molecule has 1 nitrogen and oxygen atoms in total. The van der Waals surface area contributed by atoms with Crippen LogP contribution in [0, 0.1) is 12.8 Å². The summed E-state index contributed by atoms with van der Waals surface area (Å²) < 4.78 is 0. The van der Waals surface area contributed by atoms with Gasteiger partial charge in [-0.2, -0.15) is 0 Å². The highest BCUT2D eigenvalue weighted by Crippen LogP contribution is 2.76. The molecule has 10 aromatic carbocycles. The van der Waals surface area contributed by atoms with Crippen molar-refractivity contribution >= 4 is 17.1 Å². The zero-order chi connectivity index (χ0) is 50.4. The lowest BCUT2D eigenvalue weighted by Crippen LogP contribution is -2.63. The van der Waals surface area contributed by atoms with E-state index in [4.69, 9.17) is 0 Å². The number of hydrogen-bond donors (Lipinski definition) is 0. The Labute approximate surface area is 449 Å². The lowest BCUT2D eigenvalue weighted by atomic mass is 9.37. The summed E-state index contributed by atoms with van der Waals surface area (Å²) in [5.41, 5.74) is 25.9. The average Bonchev–Trinajstić information content (AvgIpc) is 3.87. The van der Waals surface area contributed by atoms with Crippen molar-refractivity contribution in [1.82, 2.24) is 0 Å². The zero-order valence-corrected chi connectivity index (χ0v) is 43.5. The van der Waals surface area contributed by atoms with E-state index in [-0.39, 0.29) is 16.2 Å². The van der Waals surface area contributed by atoms with Crippen molar-refractivity contribution in [3.05, 3.63) is 282 Å². The van der Waals surface area contributed by atoms with Crippen LogP contribution in [0.1, 0.15) is 96.6 Å². The van der Waals surface area contributed by atoms with Crippen molar-refractivity contribution in [2.45, 2.75) is 86.4 Å². The highest BCUT2D eigenvalue weighted by Gasteiger charge is 2.69. The van der Waals surface area contributed by atoms with Crippen LogP contribution < -0.4 is 4.90 Å². The van der Waals surface area contributed by atoms with E-state index in [1.165, 1.54) is 105 Å². The van der Waals surface area contributed by atoms with Gasteiger partial charge < -0.3 is 4.90 Å². The molecule has 76 heavy (non-hydrogen) atoms. The standard InChI is InChI=1S/C75H63N/c1-51-20-8-9-27-61(51)66-32-14-16-34-69(66)73-43-19-44-74-49-57(50-75(72(73)74)48-56(42-45-73)62-28-10-12-30-64(62)67-33-15-17-35-70(67)75)63-29-11-13-31-65(63)68-41-40-60(47-71(68)74)76(58-38-36-54(37-39-58)52-21-4-2-5-22-52)59-26-18-25-55(46-59)53-23-6-3-7-24-53/h2-18,20-41,46-47,56-57,72H,19,42-45,48-50H2,1H3. The Morgan fingerprint density at radius 2 is 0.816 bits per heavy atom. The molecule has 10 aromatic rings. The molecule has 0 amide bonds. The molecule has 368 valence electrons. The Kier molecular flexibility index (Phi) is 10.6. The molecule has 0 aliphatic heterocycles. The maximum absolute atomic E-state index is 2.73. The van der Waals surface area contributed by atoms with Crippen LogP contribution in [0.5, 0.6) is 0 Å². The van der Waals surface area contributed by atoms with Gasteiger partial charge in [0.05, 0.1) is 0 Å². The van der Waals surface area contributed by atoms with E-state index < -0.39 is 0 Å². The van der Waals surface area contributed by atoms with Gasteiger partial charge in [0, 0.05) is 33.3 Å². The summed E-state index contributed by atoms with van der Waals surface area (Å²) in [5, 5.41) is 0. The number of aryl methyl sites for hydroxylation is 1. The zero-order valence-electron chi connectivity index (χ0n) is 43.5. The molecule has 3 fully saturated rings. The number of nitrogens with zero attached hydrogens (tertiary/aromatic N) is 1. The second-order valence-corrected chi connectivity index (χ2v) is 23.3. The normalized spacial score (nSPS) is 23.5. The van der Waals surface area contributed by atoms with Crippen LogP contribution in [0.25, 0.3) is 55.6 Å². The van der Waals surface area contributed by atoms with Gasteiger partial charge in [-0.05, 0) is 195 Å². The number of rotatable bonds is 7. The fourth-order valence-corrected chi connectivity index (χ4v) is 17.0. The van der Waals surface area contributed by atoms with E-state index in [0.29, 0.717) is 17.8 Å². The maximum atomic E-state index is 2.73. The van der Waals surface area contributed by atoms with Crippen molar-refractivity contribution in [2.24, 2.45) is 5.92 Å². The molecule has 0 radical (unpaired) electrons. The van der Waals surface area contributed by atoms with Crippen molar-refractivity contribution in [2.75, 3.05) is 4.90 Å². The lowest BCUT2D eigenvalue weighted by Gasteiger charge is -2.66. The van der Waals surface area contributed by atoms with Crippen LogP contribution in [-0.2, 0) is 16.2 Å². The fourth-order valence-electron chi connectivity index (χ4n) is 17.0. The third-order valence-electron chi connectivity index (χ3n) is 19.7. The third kappa shape index (κ3) is 6.90. The number of hydrogen-bond acceptors (Lipinski definition) is 1. The monoisotopic (exact) mass is 977 g/mol. The first-order valence-corrected chi connectivity index (χ1v) is 28.2. The Morgan fingerprint density at radius 3 is 1.53 bits per heavy atom. The first kappa shape index (κ1) is 45.4. The Morgan fingerprint density at radius 1 is 0.329 bits per heavy atom. The molecular weight excluding hydrogens is 915 g/mol. The van der Waals surface area contributed by atoms with Gasteiger partial charge in [0.2, 0.25) is 0 Å². The van der Waals surface area contributed by atoms with Gasteiger partial charge in [-0.15, -0.1) is 0 Å². The highest BCUT2D eigenvalue weighted by molar-refractivity contribution is 5.86. The molecule has 2 spiro atoms. The van der Waals surface area contributed by atoms with E-state index in [1.807, 2.05) is 0 Å². The van der Waals surface area contributed by atoms with Crippen LogP contribution in [0.3, 0.4) is 0 Å². The van der Waals surface area contributed by atoms with Crippen molar-refractivity contribution in [1.29, 1.82) is 0 Å². The molecule has 6 unspecified atom stereocenters. The molecule has 3 saturated carbocycles. The molecule has 15 rings (SSSR count). The Balaban J connectivity index is 1.02. The van der Waals surface area contributed by atoms with Gasteiger partial charge in [0.25, 0.3) is 0 Å². The first-order valence-electron chi connectivity index (χ1n) is 28.2. The molecular formula is C75H63N. The second kappa shape index (κ2) is 17.8. The topological polar surface area (TPSA) is 3.24 Å². The number of fused-ring (bicyclic) bond motifs is 10. The summed E-state index contributed by atoms with van der Waals surface area (Å²) in [4.78, 5) is 2.56. The van der Waals surface area contributed by atoms with Crippen LogP contribution in [0.4, 0.5) is 17.1 Å². The van der Waals surface area contributed by atoms with Crippen molar-refractivity contribution in [3.63, 3.8) is 0 Å². The van der Waals surface area contributed by atoms with E-state index in [1.54, 1.807) is 27.8 Å². The van der Waals surface area contributed by atoms with Crippen molar-refractivity contribution < 1.29 is 0 Å². The van der Waals surface area contributed by atoms with Gasteiger partial charge in [0.1, 0.15) is 0 Å². The van der Waals surface area contributed by atoms with E-state index in [9.17, 15) is 0 Å². The molecule has 4 bridgehead atoms. The molecule has 5 aliphatic carbocycles. The van der Waals surface area contributed by atoms with Gasteiger partial charge in [-0.3, -0.25) is 0 Å². The van der Waals surface area contributed by atoms with Gasteiger partial charge >= 0.3 is 0 Å². The van der Waals surface area contributed by atoms with Gasteiger partial charge in [-0.1, -0.05) is 219 Å². The molecule has 0 heterocycles. The smallest absolute Gasteiger partial charge is 0.0467 e. The molecule has 1 heteroatoms. The molecule has 0 saturated heterocycles. The van der Waals surface area contributed by atoms with E-state index in [2.05, 4.69) is 261 Å². The third-order valence-corrected chi connectivity index (χ3v) is 19.7. The van der Waals surface area contributed by atoms with Crippen molar-refractivity contribution in [3.8, 4) is 55.6 Å². The van der Waals surface area contributed by atoms with E-state index >= 15 is 0 Å². The number of benzene rings is 10. The summed E-state index contributed by atoms with van der Waals surface area (Å²) in [6, 6.07) is 96.1. The summed E-state index contributed by atoms with van der Waals surface area (Å²) >= 11 is 0. The molecule has 0 aromatic heterocycles. The van der Waals surface area contributed by atoms with Crippen LogP contribution in [-0.4, -0.2) is 0 Å². The minimum absolute atomic E-state index is 0.100. The lowest BCUT2D eigenvalue weighted by molar-refractivity contribution is -0.0339. The first-order chi connectivity index (χ1) is 37.5. The summed E-state index contributed by atoms with van der Waals surface area (Å²) in [6.07, 6.45) is 9.37. The molecule has 5 aliphatic rings. The Bertz CT molecular complexity index is 3830. The Hall–Kier alpha value is -8.00. The quantitative estimate of drug-likeness (QED) is 0.154. The highest BCUT2D eigenvalue weighted by atomic mass is 15.1. The fraction of sp³-hybridized carbons (Fsp3) is 0.200. The minimum Gasteiger partial charge on any atom is -0.310 e. The molecule has 0 N–H and O–H groups in total. The number of anilines is 3. The average molecular weight is 978 g/mol. The van der Waals surface area contributed by atoms with Gasteiger partial charge in [-0.25, -0.2) is 0 Å². The second-order valence-electron chi connectivity index (χ2n) is 23.3. The van der Waals surface area contributed by atoms with Crippen LogP contribution >= 0.6 is 0 Å². The predicted octanol–water partition coefficient (Wildman–Crippen LogP) is 19.9. The SMILES string of the molecule is Cc1ccccc1-c1ccccc1C12CCCC34CC(CC5(CC(CC1)c1ccccc1-c1ccccc15)C23)c1ccccc1-c1ccc(N(c2ccc(-c3ccccc3)cc2)c2cccc(-c3ccccc3)c2)cc14. The predicted molar refractivity (Wildman–Crippen MR) is 317 cm³/mol. The van der Waals surface area contributed by atoms with E-state index in [0.717, 1.165) is 24.2 Å². The molecule has 6 atom stereocenters. The van der Waals surface area contributed by atoms with Crippen LogP contribution in [0.2, 0.25) is 0 Å². The maximum Gasteiger partial charge on any atom is 0.0467 e. The van der Waals surface area contributed by atoms with Gasteiger partial charge in [0.15, 0.2) is 0 Å². The largest absolute Gasteiger partial charge is 0.310 e. The summed E-state index contributed by atoms with van der Waals surface area (Å²) in [7, 11) is 0. The van der Waals surface area contributed by atoms with Crippen LogP contribution in [0.15, 0.2) is 249 Å².